The fourth-order valence-corrected chi connectivity index (χ4v) is 2.73. The molecule has 1 aromatic heterocycles. The number of pyridine rings is 1. The van der Waals surface area contributed by atoms with Crippen molar-refractivity contribution in [2.75, 3.05) is 12.9 Å². The van der Waals surface area contributed by atoms with E-state index in [0.29, 0.717) is 5.75 Å². The number of methoxy groups -OCH3 is 1. The van der Waals surface area contributed by atoms with Gasteiger partial charge in [0, 0.05) is 22.2 Å². The summed E-state index contributed by atoms with van der Waals surface area (Å²) in [6.07, 6.45) is 1.80. The molecule has 2 rings (SSSR count). The molecule has 0 aliphatic carbocycles. The second kappa shape index (κ2) is 5.87. The number of carbonyl (C=O) groups is 1. The number of esters is 1. The largest absolute Gasteiger partial charge is 0.469 e. The Morgan fingerprint density at radius 2 is 2.17 bits per heavy atom. The summed E-state index contributed by atoms with van der Waals surface area (Å²) in [5, 5.41) is 1.13. The van der Waals surface area contributed by atoms with Crippen molar-refractivity contribution in [3.05, 3.63) is 36.5 Å². The molecule has 0 saturated heterocycles. The van der Waals surface area contributed by atoms with E-state index in [4.69, 9.17) is 4.74 Å². The first kappa shape index (κ1) is 12.9. The molecular formula is C14H15NO2S. The van der Waals surface area contributed by atoms with Crippen LogP contribution in [-0.4, -0.2) is 23.8 Å². The van der Waals surface area contributed by atoms with Gasteiger partial charge in [-0.3, -0.25) is 9.78 Å². The Bertz CT molecular complexity index is 551. The number of hydrogen-bond donors (Lipinski definition) is 0. The summed E-state index contributed by atoms with van der Waals surface area (Å²) in [5.41, 5.74) is 0.980. The highest BCUT2D eigenvalue weighted by Crippen LogP contribution is 2.27. The van der Waals surface area contributed by atoms with Gasteiger partial charge >= 0.3 is 5.97 Å². The molecule has 1 aromatic carbocycles. The van der Waals surface area contributed by atoms with Crippen LogP contribution in [0.2, 0.25) is 0 Å². The second-order valence-electron chi connectivity index (χ2n) is 4.06. The number of para-hydroxylation sites is 1. The summed E-state index contributed by atoms with van der Waals surface area (Å²) in [6, 6.07) is 9.99. The first-order chi connectivity index (χ1) is 8.72. The maximum Gasteiger partial charge on any atom is 0.309 e. The van der Waals surface area contributed by atoms with E-state index in [2.05, 4.69) is 4.98 Å². The zero-order valence-electron chi connectivity index (χ0n) is 10.4. The zero-order valence-corrected chi connectivity index (χ0v) is 11.2. The van der Waals surface area contributed by atoms with Crippen molar-refractivity contribution >= 4 is 28.6 Å². The van der Waals surface area contributed by atoms with Crippen molar-refractivity contribution in [3.8, 4) is 0 Å². The number of thioether (sulfide) groups is 1. The molecule has 0 N–H and O–H groups in total. The third kappa shape index (κ3) is 2.82. The smallest absolute Gasteiger partial charge is 0.309 e. The average Bonchev–Trinajstić information content (AvgIpc) is 2.43. The molecule has 0 amide bonds. The minimum atomic E-state index is -0.166. The quantitative estimate of drug-likeness (QED) is 0.626. The Kier molecular flexibility index (Phi) is 4.20. The van der Waals surface area contributed by atoms with Gasteiger partial charge in [0.15, 0.2) is 0 Å². The van der Waals surface area contributed by atoms with Gasteiger partial charge < -0.3 is 4.74 Å². The van der Waals surface area contributed by atoms with Crippen LogP contribution in [0.15, 0.2) is 41.4 Å². The third-order valence-corrected chi connectivity index (χ3v) is 4.04. The monoisotopic (exact) mass is 261 g/mol. The highest BCUT2D eigenvalue weighted by molar-refractivity contribution is 7.99. The molecule has 94 valence electrons. The molecule has 0 spiro atoms. The third-order valence-electron chi connectivity index (χ3n) is 2.70. The molecule has 1 unspecified atom stereocenters. The normalized spacial score (nSPS) is 12.3. The van der Waals surface area contributed by atoms with Gasteiger partial charge in [0.1, 0.15) is 0 Å². The van der Waals surface area contributed by atoms with E-state index < -0.39 is 0 Å². The molecule has 2 aromatic rings. The topological polar surface area (TPSA) is 39.2 Å². The van der Waals surface area contributed by atoms with Gasteiger partial charge in [-0.1, -0.05) is 25.1 Å². The fraction of sp³-hybridized carbons (Fsp3) is 0.286. The Morgan fingerprint density at radius 1 is 1.39 bits per heavy atom. The van der Waals surface area contributed by atoms with E-state index >= 15 is 0 Å². The van der Waals surface area contributed by atoms with Crippen LogP contribution < -0.4 is 0 Å². The molecule has 0 fully saturated rings. The number of fused-ring (bicyclic) bond motifs is 1. The molecular weight excluding hydrogens is 246 g/mol. The first-order valence-corrected chi connectivity index (χ1v) is 6.75. The summed E-state index contributed by atoms with van der Waals surface area (Å²) in [7, 11) is 1.42. The van der Waals surface area contributed by atoms with Crippen LogP contribution in [-0.2, 0) is 9.53 Å². The predicted octanol–water partition coefficient (Wildman–Crippen LogP) is 3.14. The maximum atomic E-state index is 11.3. The Balaban J connectivity index is 2.15. The molecule has 1 atom stereocenters. The van der Waals surface area contributed by atoms with E-state index in [1.807, 2.05) is 37.3 Å². The number of ether oxygens (including phenoxy) is 1. The van der Waals surface area contributed by atoms with Gasteiger partial charge in [-0.05, 0) is 12.1 Å². The van der Waals surface area contributed by atoms with E-state index in [0.717, 1.165) is 15.8 Å². The van der Waals surface area contributed by atoms with Gasteiger partial charge in [0.05, 0.1) is 18.5 Å². The van der Waals surface area contributed by atoms with Crippen LogP contribution in [0, 0.1) is 5.92 Å². The SMILES string of the molecule is COC(=O)C(C)CSc1ccnc2ccccc12. The molecule has 4 heteroatoms. The second-order valence-corrected chi connectivity index (χ2v) is 5.12. The predicted molar refractivity (Wildman–Crippen MR) is 73.6 cm³/mol. The Labute approximate surface area is 111 Å². The van der Waals surface area contributed by atoms with Crippen LogP contribution in [0.3, 0.4) is 0 Å². The Morgan fingerprint density at radius 3 is 2.94 bits per heavy atom. The first-order valence-electron chi connectivity index (χ1n) is 5.76. The maximum absolute atomic E-state index is 11.3. The zero-order chi connectivity index (χ0) is 13.0. The minimum absolute atomic E-state index is 0.105. The van der Waals surface area contributed by atoms with E-state index in [9.17, 15) is 4.79 Å². The van der Waals surface area contributed by atoms with E-state index in [-0.39, 0.29) is 11.9 Å². The van der Waals surface area contributed by atoms with Crippen molar-refractivity contribution in [1.82, 2.24) is 4.98 Å². The van der Waals surface area contributed by atoms with Crippen LogP contribution >= 0.6 is 11.8 Å². The van der Waals surface area contributed by atoms with Crippen molar-refractivity contribution in [1.29, 1.82) is 0 Å². The van der Waals surface area contributed by atoms with Crippen LogP contribution in [0.25, 0.3) is 10.9 Å². The number of rotatable bonds is 4. The highest BCUT2D eigenvalue weighted by Gasteiger charge is 2.13. The standard InChI is InChI=1S/C14H15NO2S/c1-10(14(16)17-2)9-18-13-7-8-15-12-6-4-3-5-11(12)13/h3-8,10H,9H2,1-2H3. The summed E-state index contributed by atoms with van der Waals surface area (Å²) in [4.78, 5) is 16.8. The van der Waals surface area contributed by atoms with Gasteiger partial charge in [0.25, 0.3) is 0 Å². The summed E-state index contributed by atoms with van der Waals surface area (Å²) >= 11 is 1.66. The lowest BCUT2D eigenvalue weighted by Crippen LogP contribution is -2.14. The Hall–Kier alpha value is -1.55. The van der Waals surface area contributed by atoms with Crippen LogP contribution in [0.4, 0.5) is 0 Å². The summed E-state index contributed by atoms with van der Waals surface area (Å²) in [6.45, 7) is 1.88. The lowest BCUT2D eigenvalue weighted by Gasteiger charge is -2.09. The molecule has 3 nitrogen and oxygen atoms in total. The molecule has 0 saturated carbocycles. The van der Waals surface area contributed by atoms with E-state index in [1.54, 1.807) is 18.0 Å². The van der Waals surface area contributed by atoms with Gasteiger partial charge in [-0.2, -0.15) is 0 Å². The van der Waals surface area contributed by atoms with Crippen molar-refractivity contribution in [2.24, 2.45) is 5.92 Å². The fourth-order valence-electron chi connectivity index (χ4n) is 1.68. The van der Waals surface area contributed by atoms with Crippen LogP contribution in [0.1, 0.15) is 6.92 Å². The van der Waals surface area contributed by atoms with Gasteiger partial charge in [-0.15, -0.1) is 11.8 Å². The van der Waals surface area contributed by atoms with Crippen molar-refractivity contribution in [3.63, 3.8) is 0 Å². The van der Waals surface area contributed by atoms with Gasteiger partial charge in [0.2, 0.25) is 0 Å². The number of nitrogens with zero attached hydrogens (tertiary/aromatic N) is 1. The molecule has 0 aliphatic rings. The average molecular weight is 261 g/mol. The molecule has 1 heterocycles. The number of hydrogen-bond acceptors (Lipinski definition) is 4. The molecule has 0 aliphatic heterocycles. The van der Waals surface area contributed by atoms with E-state index in [1.165, 1.54) is 7.11 Å². The molecule has 0 radical (unpaired) electrons. The molecule has 18 heavy (non-hydrogen) atoms. The van der Waals surface area contributed by atoms with Crippen molar-refractivity contribution < 1.29 is 9.53 Å². The summed E-state index contributed by atoms with van der Waals surface area (Å²) in [5.74, 6) is 0.438. The number of benzene rings is 1. The van der Waals surface area contributed by atoms with Crippen molar-refractivity contribution in [2.45, 2.75) is 11.8 Å². The lowest BCUT2D eigenvalue weighted by atomic mass is 10.2. The lowest BCUT2D eigenvalue weighted by molar-refractivity contribution is -0.143. The van der Waals surface area contributed by atoms with Gasteiger partial charge in [-0.25, -0.2) is 0 Å². The number of aromatic nitrogens is 1. The van der Waals surface area contributed by atoms with Crippen LogP contribution in [0.5, 0.6) is 0 Å². The minimum Gasteiger partial charge on any atom is -0.469 e. The number of carbonyl (C=O) groups excluding carboxylic acids is 1. The highest BCUT2D eigenvalue weighted by atomic mass is 32.2. The summed E-state index contributed by atoms with van der Waals surface area (Å²) < 4.78 is 4.72. The molecule has 0 bridgehead atoms.